The lowest BCUT2D eigenvalue weighted by molar-refractivity contribution is -0.145. The second kappa shape index (κ2) is 41.0. The van der Waals surface area contributed by atoms with E-state index in [0.29, 0.717) is 150 Å². The monoisotopic (exact) mass is 1900 g/mol. The molecule has 714 valence electrons. The number of aromatic amines is 4. The third kappa shape index (κ3) is 21.5. The molecule has 16 aromatic heterocycles. The second-order valence-electron chi connectivity index (χ2n) is 34.7. The minimum atomic E-state index is -0.425. The van der Waals surface area contributed by atoms with Gasteiger partial charge in [-0.1, -0.05) is 45.0 Å². The summed E-state index contributed by atoms with van der Waals surface area (Å²) in [5, 5.41) is 73.7. The van der Waals surface area contributed by atoms with E-state index < -0.39 is 17.2 Å². The van der Waals surface area contributed by atoms with Crippen molar-refractivity contribution in [3.63, 3.8) is 0 Å². The van der Waals surface area contributed by atoms with Crippen LogP contribution in [0, 0.1) is 17.3 Å². The van der Waals surface area contributed by atoms with Crippen LogP contribution in [0.4, 0.5) is 27.5 Å². The van der Waals surface area contributed by atoms with Gasteiger partial charge in [0.1, 0.15) is 45.8 Å². The highest BCUT2D eigenvalue weighted by molar-refractivity contribution is 6.07. The first-order valence-corrected chi connectivity index (χ1v) is 44.8. The van der Waals surface area contributed by atoms with Gasteiger partial charge in [-0.15, -0.1) is 0 Å². The van der Waals surface area contributed by atoms with Gasteiger partial charge in [-0.3, -0.25) is 102 Å². The Balaban J connectivity index is 0.000000121. The number of H-pyrrole nitrogens is 4. The topological polar surface area (TPSA) is 574 Å². The molecular weight excluding hydrogens is 1800 g/mol. The highest BCUT2D eigenvalue weighted by Gasteiger charge is 2.44. The van der Waals surface area contributed by atoms with E-state index in [9.17, 15) is 38.4 Å². The average Bonchev–Trinajstić information content (AvgIpc) is 1.64. The van der Waals surface area contributed by atoms with Gasteiger partial charge in [0.15, 0.2) is 23.0 Å². The molecule has 0 atom stereocenters. The lowest BCUT2D eigenvalue weighted by Crippen LogP contribution is -2.54. The number of nitrogens with zero attached hydrogens (tertiary/aromatic N) is 20. The summed E-state index contributed by atoms with van der Waals surface area (Å²) >= 11 is 0. The molecule has 7 fully saturated rings. The first kappa shape index (κ1) is 92.4. The minimum Gasteiger partial charge on any atom is -0.483 e. The molecule has 9 amide bonds. The van der Waals surface area contributed by atoms with Crippen LogP contribution in [0.5, 0.6) is 0 Å². The molecular formula is C95H93N29O16. The van der Waals surface area contributed by atoms with Crippen LogP contribution >= 0.6 is 0 Å². The van der Waals surface area contributed by atoms with Crippen molar-refractivity contribution in [2.24, 2.45) is 17.3 Å². The molecule has 0 radical (unpaired) electrons. The van der Waals surface area contributed by atoms with Crippen molar-refractivity contribution in [1.82, 2.24) is 125 Å². The summed E-state index contributed by atoms with van der Waals surface area (Å²) in [4.78, 5) is 143. The fraction of sp³-hybridized carbons (Fsp3) is 0.263. The molecule has 11 N–H and O–H groups in total. The highest BCUT2D eigenvalue weighted by Crippen LogP contribution is 2.41. The van der Waals surface area contributed by atoms with E-state index in [4.69, 9.17) is 57.9 Å². The normalized spacial score (nSPS) is 14.9. The third-order valence-electron chi connectivity index (χ3n) is 23.5. The molecule has 4 saturated heterocycles. The molecule has 4 aliphatic heterocycles. The Morgan fingerprint density at radius 3 is 0.857 bits per heavy atom. The van der Waals surface area contributed by atoms with Crippen molar-refractivity contribution < 1.29 is 75.8 Å². The maximum Gasteiger partial charge on any atom is 0.317 e. The summed E-state index contributed by atoms with van der Waals surface area (Å²) < 4.78 is 30.0. The van der Waals surface area contributed by atoms with E-state index in [1.807, 2.05) is 118 Å². The number of urea groups is 1. The van der Waals surface area contributed by atoms with Gasteiger partial charge in [0.25, 0.3) is 36.6 Å². The number of carbonyl (C=O) groups is 10. The van der Waals surface area contributed by atoms with Gasteiger partial charge in [0.05, 0.1) is 117 Å². The van der Waals surface area contributed by atoms with Crippen LogP contribution in [0.15, 0.2) is 238 Å². The summed E-state index contributed by atoms with van der Waals surface area (Å²) in [6.45, 7) is 9.98. The van der Waals surface area contributed by atoms with Gasteiger partial charge in [-0.2, -0.15) is 40.8 Å². The van der Waals surface area contributed by atoms with Crippen molar-refractivity contribution >= 4 is 83.1 Å². The van der Waals surface area contributed by atoms with Gasteiger partial charge >= 0.3 is 6.03 Å². The molecule has 23 rings (SSSR count). The molecule has 0 unspecified atom stereocenters. The Kier molecular flexibility index (Phi) is 27.0. The summed E-state index contributed by atoms with van der Waals surface area (Å²) in [5.41, 5.74) is 9.50. The number of carboxylic acid groups (broad SMARTS) is 2. The lowest BCUT2D eigenvalue weighted by atomic mass is 9.92. The predicted octanol–water partition coefficient (Wildman–Crippen LogP) is 11.9. The smallest absolute Gasteiger partial charge is 0.317 e. The van der Waals surface area contributed by atoms with Crippen molar-refractivity contribution in [3.8, 4) is 90.8 Å². The van der Waals surface area contributed by atoms with E-state index >= 15 is 0 Å². The van der Waals surface area contributed by atoms with E-state index in [1.54, 1.807) is 162 Å². The molecule has 0 aromatic carbocycles. The summed E-state index contributed by atoms with van der Waals surface area (Å²) in [6, 6.07) is 36.0. The Bertz CT molecular complexity index is 6790. The van der Waals surface area contributed by atoms with Gasteiger partial charge in [-0.25, -0.2) is 4.79 Å². The van der Waals surface area contributed by atoms with Crippen molar-refractivity contribution in [2.45, 2.75) is 89.5 Å². The Morgan fingerprint density at radius 1 is 0.364 bits per heavy atom. The second-order valence-corrected chi connectivity index (χ2v) is 34.7. The van der Waals surface area contributed by atoms with E-state index in [1.165, 1.54) is 0 Å². The number of pyridine rings is 4. The van der Waals surface area contributed by atoms with Gasteiger partial charge < -0.3 is 74.1 Å². The maximum atomic E-state index is 13.0. The van der Waals surface area contributed by atoms with Crippen LogP contribution < -0.4 is 26.6 Å². The zero-order valence-corrected chi connectivity index (χ0v) is 75.4. The number of carbonyl (C=O) groups excluding carboxylic acids is 8. The Hall–Kier alpha value is -18.1. The van der Waals surface area contributed by atoms with Crippen molar-refractivity contribution in [2.75, 3.05) is 73.6 Å². The summed E-state index contributed by atoms with van der Waals surface area (Å²) in [5.74, 6) is 2.30. The molecule has 140 heavy (non-hydrogen) atoms. The molecule has 3 saturated carbocycles. The molecule has 3 aliphatic carbocycles. The van der Waals surface area contributed by atoms with Crippen molar-refractivity contribution in [3.05, 3.63) is 244 Å². The van der Waals surface area contributed by atoms with Crippen LogP contribution in [0.25, 0.3) is 90.8 Å². The average molecular weight is 1900 g/mol. The molecule has 45 nitrogen and oxygen atoms in total. The summed E-state index contributed by atoms with van der Waals surface area (Å²) in [6.07, 6.45) is 33.2. The standard InChI is InChI=1S/C24H25N7O3.C23H22N8O3.2C23H21N7O3.2CH2O2/c1-24(2,3)23(33)30-12-16(13-30)31-14-18(21(29-31)17-6-4-5-9-25-17)28-22(32)20-8-7-19(34-20)15-10-26-27-11-15;32-22(20-7-6-19(34-20)14-9-25-26-10-14)28-18-13-31(29-21(18)17-3-1-2-8-24-17)16-11-30(12-16)23(33)27-15-4-5-15;2*31-22(20-7-6-19(33-20)15-9-25-26-10-15)27-18-13-30(28-21(18)17-3-1-2-8-24-17)16-11-29(12-16)23(32)14-4-5-14;2*2-1-3/h4-11,14,16H,12-13H2,1-3H3,(H,26,27)(H,28,32);1-3,6-10,13,15-16H,4-5,11-12H2,(H,25,26)(H,27,33)(H,28,32);2*1-3,6-10,13-14,16H,4-5,11-12H2,(H,25,26)(H,27,31);2*1H,(H,2,3). The SMILES string of the molecule is CC(C)(C)C(=O)N1CC(n2cc(NC(=O)c3ccc(-c4cn[nH]c4)o3)c(-c3ccccn3)n2)C1.O=C(Nc1cn(C2CN(C(=O)C3CC3)C2)nc1-c1ccccn1)c1ccc(-c2cn[nH]c2)o1.O=C(Nc1cn(C2CN(C(=O)C3CC3)C2)nc1-c1ccccn1)c1ccc(-c2cn[nH]c2)o1.O=C(Nc1cn(C2CN(C(=O)NC3CC3)C2)nc1-c1ccccn1)c1ccc(-c2cn[nH]c2)o1.O=CO.O=CO. The predicted molar refractivity (Wildman–Crippen MR) is 500 cm³/mol. The Labute approximate surface area is 794 Å². The molecule has 7 aliphatic rings. The number of hydrogen-bond donors (Lipinski definition) is 11. The van der Waals surface area contributed by atoms with Crippen LogP contribution in [0.2, 0.25) is 0 Å². The lowest BCUT2D eigenvalue weighted by Gasteiger charge is -2.42. The maximum absolute atomic E-state index is 13.0. The highest BCUT2D eigenvalue weighted by atomic mass is 16.4. The number of anilines is 4. The van der Waals surface area contributed by atoms with Crippen LogP contribution in [0.1, 0.15) is 126 Å². The number of furan rings is 4. The zero-order chi connectivity index (χ0) is 97.1. The number of aromatic nitrogens is 20. The fourth-order valence-electron chi connectivity index (χ4n) is 15.5. The fourth-order valence-corrected chi connectivity index (χ4v) is 15.5. The number of likely N-dealkylation sites (tertiary alicyclic amines) is 4. The van der Waals surface area contributed by atoms with E-state index in [0.717, 1.165) is 60.8 Å². The molecule has 20 heterocycles. The zero-order valence-electron chi connectivity index (χ0n) is 75.4. The largest absolute Gasteiger partial charge is 0.483 e. The van der Waals surface area contributed by atoms with Crippen LogP contribution in [-0.4, -0.2) is 248 Å². The molecule has 45 heteroatoms. The third-order valence-corrected chi connectivity index (χ3v) is 23.5. The van der Waals surface area contributed by atoms with Crippen LogP contribution in [0.3, 0.4) is 0 Å². The van der Waals surface area contributed by atoms with Crippen LogP contribution in [-0.2, 0) is 24.0 Å². The van der Waals surface area contributed by atoms with Gasteiger partial charge in [0, 0.05) is 150 Å². The number of hydrogen-bond acceptors (Lipinski definition) is 26. The molecule has 16 aromatic rings. The number of nitrogens with one attached hydrogen (secondary N) is 9. The van der Waals surface area contributed by atoms with Gasteiger partial charge in [0.2, 0.25) is 17.7 Å². The van der Waals surface area contributed by atoms with Crippen molar-refractivity contribution in [1.29, 1.82) is 0 Å². The number of amides is 9. The van der Waals surface area contributed by atoms with Gasteiger partial charge in [-0.05, 0) is 136 Å². The summed E-state index contributed by atoms with van der Waals surface area (Å²) in [7, 11) is 0. The number of rotatable bonds is 23. The minimum absolute atomic E-state index is 0.0226. The van der Waals surface area contributed by atoms with E-state index in [2.05, 4.69) is 87.3 Å². The first-order chi connectivity index (χ1) is 68.1. The first-order valence-electron chi connectivity index (χ1n) is 44.8. The molecule has 0 spiro atoms. The van der Waals surface area contributed by atoms with E-state index in [-0.39, 0.29) is 108 Å². The molecule has 0 bridgehead atoms. The quantitative estimate of drug-likeness (QED) is 0.0265. The Morgan fingerprint density at radius 2 is 0.629 bits per heavy atom.